The molecule has 5 N–H and O–H groups in total. The third-order valence-corrected chi connectivity index (χ3v) is 6.45. The molecule has 0 aliphatic heterocycles. The zero-order chi connectivity index (χ0) is 28.5. The van der Waals surface area contributed by atoms with Crippen molar-refractivity contribution in [1.29, 1.82) is 0 Å². The van der Waals surface area contributed by atoms with Crippen LogP contribution >= 0.6 is 0 Å². The Labute approximate surface area is 223 Å². The van der Waals surface area contributed by atoms with Crippen molar-refractivity contribution in [3.8, 4) is 23.0 Å². The van der Waals surface area contributed by atoms with E-state index < -0.39 is 17.0 Å². The number of phenolic OH excluding ortho intramolecular Hbond substituents is 4. The van der Waals surface area contributed by atoms with E-state index in [1.807, 2.05) is 13.8 Å². The van der Waals surface area contributed by atoms with Gasteiger partial charge in [0.15, 0.2) is 0 Å². The van der Waals surface area contributed by atoms with Crippen LogP contribution in [0.1, 0.15) is 82.1 Å². The van der Waals surface area contributed by atoms with E-state index in [4.69, 9.17) is 4.74 Å². The molecule has 0 heterocycles. The zero-order valence-electron chi connectivity index (χ0n) is 22.4. The number of benzene rings is 2. The Morgan fingerprint density at radius 1 is 0.816 bits per heavy atom. The van der Waals surface area contributed by atoms with Gasteiger partial charge in [-0.2, -0.15) is 0 Å². The summed E-state index contributed by atoms with van der Waals surface area (Å²) in [6, 6.07) is 5.68. The number of carboxylic acids is 1. The molecule has 0 atom stereocenters. The highest BCUT2D eigenvalue weighted by atomic mass is 16.5. The first-order chi connectivity index (χ1) is 17.8. The molecule has 0 aromatic heterocycles. The molecule has 0 amide bonds. The lowest BCUT2D eigenvalue weighted by Gasteiger charge is -2.22. The Balaban J connectivity index is 2.17. The van der Waals surface area contributed by atoms with Gasteiger partial charge in [-0.1, -0.05) is 24.3 Å². The lowest BCUT2D eigenvalue weighted by Crippen LogP contribution is -2.23. The van der Waals surface area contributed by atoms with Crippen molar-refractivity contribution in [3.05, 3.63) is 52.6 Å². The summed E-state index contributed by atoms with van der Waals surface area (Å²) < 4.78 is 5.05. The number of aromatic hydroxyl groups is 4. The fourth-order valence-electron chi connectivity index (χ4n) is 3.93. The molecule has 0 aliphatic rings. The van der Waals surface area contributed by atoms with E-state index in [9.17, 15) is 35.1 Å². The van der Waals surface area contributed by atoms with Gasteiger partial charge in [-0.05, 0) is 96.0 Å². The quantitative estimate of drug-likeness (QED) is 0.0841. The van der Waals surface area contributed by atoms with Crippen LogP contribution in [-0.2, 0) is 20.7 Å². The Morgan fingerprint density at radius 3 is 1.95 bits per heavy atom. The van der Waals surface area contributed by atoms with Crippen molar-refractivity contribution in [3.63, 3.8) is 0 Å². The summed E-state index contributed by atoms with van der Waals surface area (Å²) in [5, 5.41) is 51.0. The lowest BCUT2D eigenvalue weighted by molar-refractivity contribution is -0.147. The highest BCUT2D eigenvalue weighted by Crippen LogP contribution is 2.34. The van der Waals surface area contributed by atoms with Crippen LogP contribution in [0.15, 0.2) is 30.3 Å². The van der Waals surface area contributed by atoms with Gasteiger partial charge >= 0.3 is 5.97 Å². The minimum atomic E-state index is -0.884. The third kappa shape index (κ3) is 8.87. The molecule has 2 aromatic rings. The number of allylic oxidation sites excluding steroid dienone is 1. The molecule has 0 fully saturated rings. The van der Waals surface area contributed by atoms with Crippen LogP contribution in [-0.4, -0.2) is 43.6 Å². The smallest absolute Gasteiger partial charge is 0.309 e. The number of rotatable bonds is 14. The number of carbonyl (C=O) groups excluding carboxylic acids is 1. The second kappa shape index (κ2) is 13.0. The number of hydrogen-bond acceptors (Lipinski definition) is 7. The molecule has 2 aromatic carbocycles. The molecule has 2 rings (SSSR count). The number of carboxylic acid groups (broad SMARTS) is 1. The van der Waals surface area contributed by atoms with E-state index in [-0.39, 0.29) is 23.0 Å². The van der Waals surface area contributed by atoms with E-state index in [0.717, 1.165) is 6.42 Å². The highest BCUT2D eigenvalue weighted by Gasteiger charge is 2.25. The van der Waals surface area contributed by atoms with Crippen LogP contribution < -0.4 is 0 Å². The van der Waals surface area contributed by atoms with Gasteiger partial charge in [0, 0.05) is 16.7 Å². The second-order valence-corrected chi connectivity index (χ2v) is 10.7. The molecule has 38 heavy (non-hydrogen) atoms. The maximum atomic E-state index is 11.3. The van der Waals surface area contributed by atoms with Gasteiger partial charge < -0.3 is 30.3 Å². The molecule has 0 radical (unpaired) electrons. The number of unbranched alkanes of at least 4 members (excludes halogenated alkanes) is 1. The van der Waals surface area contributed by atoms with Gasteiger partial charge in [-0.25, -0.2) is 0 Å². The summed E-state index contributed by atoms with van der Waals surface area (Å²) in [6.45, 7) is 7.38. The first kappa shape index (κ1) is 30.3. The summed E-state index contributed by atoms with van der Waals surface area (Å²) in [7, 11) is 0. The Morgan fingerprint density at radius 2 is 1.37 bits per heavy atom. The Hall–Kier alpha value is -3.94. The predicted octanol–water partition coefficient (Wildman–Crippen LogP) is 6.25. The standard InChI is InChI=1S/C30H38O8/c1-29(2,28(36)37)13-7-5-9-20-15-24(32)17-22(26(20)34)11-12-23-18-25(33)16-21(27(23)35)10-6-8-14-30(3,4)38-19-31/h5,9,11-12,15-19,32-35H,6-8,10,13-14H2,1-4H3,(H,36,37)/b9-5+,12-11-. The van der Waals surface area contributed by atoms with Crippen LogP contribution in [0.4, 0.5) is 0 Å². The average Bonchev–Trinajstić information content (AvgIpc) is 2.82. The number of ether oxygens (including phenoxy) is 1. The maximum Gasteiger partial charge on any atom is 0.309 e. The van der Waals surface area contributed by atoms with Gasteiger partial charge in [0.1, 0.15) is 28.6 Å². The van der Waals surface area contributed by atoms with Crippen LogP contribution in [0.5, 0.6) is 23.0 Å². The predicted molar refractivity (Wildman–Crippen MR) is 147 cm³/mol. The lowest BCUT2D eigenvalue weighted by atomic mass is 9.88. The fourth-order valence-corrected chi connectivity index (χ4v) is 3.93. The summed E-state index contributed by atoms with van der Waals surface area (Å²) >= 11 is 0. The third-order valence-electron chi connectivity index (χ3n) is 6.45. The topological polar surface area (TPSA) is 145 Å². The first-order valence-corrected chi connectivity index (χ1v) is 12.6. The molecule has 0 saturated heterocycles. The van der Waals surface area contributed by atoms with E-state index in [2.05, 4.69) is 0 Å². The number of aliphatic carboxylic acids is 1. The van der Waals surface area contributed by atoms with Gasteiger partial charge in [0.05, 0.1) is 5.41 Å². The minimum absolute atomic E-state index is 0.00302. The van der Waals surface area contributed by atoms with Crippen molar-refractivity contribution in [1.82, 2.24) is 0 Å². The van der Waals surface area contributed by atoms with E-state index in [1.165, 1.54) is 36.4 Å². The van der Waals surface area contributed by atoms with E-state index >= 15 is 0 Å². The maximum absolute atomic E-state index is 11.3. The summed E-state index contributed by atoms with van der Waals surface area (Å²) in [5.74, 6) is -1.06. The molecule has 0 bridgehead atoms. The Kier molecular flexibility index (Phi) is 10.4. The van der Waals surface area contributed by atoms with Crippen molar-refractivity contribution >= 4 is 30.7 Å². The SMILES string of the molecule is CC(C)(CCCCc1cc(O)cc(/C=C\c2cc(O)cc(/C=C/CCC(C)(C)C(=O)O)c2O)c1O)OC=O. The van der Waals surface area contributed by atoms with Crippen molar-refractivity contribution in [2.45, 2.75) is 71.8 Å². The molecule has 0 spiro atoms. The molecular formula is C30H38O8. The molecule has 206 valence electrons. The first-order valence-electron chi connectivity index (χ1n) is 12.6. The van der Waals surface area contributed by atoms with Crippen molar-refractivity contribution in [2.24, 2.45) is 5.41 Å². The summed E-state index contributed by atoms with van der Waals surface area (Å²) in [5.41, 5.74) is 0.135. The number of hydrogen-bond donors (Lipinski definition) is 5. The van der Waals surface area contributed by atoms with Crippen LogP contribution in [0.25, 0.3) is 18.2 Å². The monoisotopic (exact) mass is 526 g/mol. The van der Waals surface area contributed by atoms with Gasteiger partial charge in [-0.3, -0.25) is 9.59 Å². The van der Waals surface area contributed by atoms with Gasteiger partial charge in [-0.15, -0.1) is 0 Å². The van der Waals surface area contributed by atoms with Crippen LogP contribution in [0.3, 0.4) is 0 Å². The number of phenols is 4. The zero-order valence-corrected chi connectivity index (χ0v) is 22.4. The Bertz CT molecular complexity index is 1190. The molecule has 0 unspecified atom stereocenters. The highest BCUT2D eigenvalue weighted by molar-refractivity contribution is 5.79. The van der Waals surface area contributed by atoms with Crippen molar-refractivity contribution in [2.75, 3.05) is 0 Å². The van der Waals surface area contributed by atoms with Crippen LogP contribution in [0.2, 0.25) is 0 Å². The molecular weight excluding hydrogens is 488 g/mol. The van der Waals surface area contributed by atoms with E-state index in [1.54, 1.807) is 26.0 Å². The summed E-state index contributed by atoms with van der Waals surface area (Å²) in [4.78, 5) is 21.8. The molecule has 8 heteroatoms. The molecule has 0 saturated carbocycles. The number of carbonyl (C=O) groups is 2. The van der Waals surface area contributed by atoms with Gasteiger partial charge in [0.25, 0.3) is 6.47 Å². The second-order valence-electron chi connectivity index (χ2n) is 10.7. The summed E-state index contributed by atoms with van der Waals surface area (Å²) in [6.07, 6.45) is 9.93. The molecule has 8 nitrogen and oxygen atoms in total. The fraction of sp³-hybridized carbons (Fsp3) is 0.400. The van der Waals surface area contributed by atoms with Gasteiger partial charge in [0.2, 0.25) is 0 Å². The largest absolute Gasteiger partial charge is 0.508 e. The average molecular weight is 527 g/mol. The van der Waals surface area contributed by atoms with E-state index in [0.29, 0.717) is 60.8 Å². The molecule has 0 aliphatic carbocycles. The van der Waals surface area contributed by atoms with Crippen LogP contribution in [0, 0.1) is 5.41 Å². The number of aryl methyl sites for hydroxylation is 1. The van der Waals surface area contributed by atoms with Crippen molar-refractivity contribution < 1.29 is 39.9 Å². The minimum Gasteiger partial charge on any atom is -0.508 e. The normalized spacial score (nSPS) is 12.3.